The van der Waals surface area contributed by atoms with Gasteiger partial charge in [0, 0.05) is 42.8 Å². The predicted molar refractivity (Wildman–Crippen MR) is 111 cm³/mol. The summed E-state index contributed by atoms with van der Waals surface area (Å²) in [7, 11) is 0. The highest BCUT2D eigenvalue weighted by atomic mass is 79.9. The highest BCUT2D eigenvalue weighted by Crippen LogP contribution is 2.42. The third-order valence-corrected chi connectivity index (χ3v) is 6.39. The Kier molecular flexibility index (Phi) is 5.36. The van der Waals surface area contributed by atoms with Crippen LogP contribution in [0, 0.1) is 17.8 Å². The number of amides is 2. The number of hydrogen-bond donors (Lipinski definition) is 1. The van der Waals surface area contributed by atoms with Crippen LogP contribution in [0.2, 0.25) is 0 Å². The largest absolute Gasteiger partial charge is 0.348 e. The van der Waals surface area contributed by atoms with E-state index in [0.717, 1.165) is 47.7 Å². The Morgan fingerprint density at radius 2 is 2.11 bits per heavy atom. The van der Waals surface area contributed by atoms with E-state index in [1.165, 1.54) is 0 Å². The van der Waals surface area contributed by atoms with Gasteiger partial charge in [-0.1, -0.05) is 13.8 Å². The molecule has 0 bridgehead atoms. The molecule has 1 aliphatic carbocycles. The van der Waals surface area contributed by atoms with Crippen molar-refractivity contribution < 1.29 is 9.59 Å². The summed E-state index contributed by atoms with van der Waals surface area (Å²) in [5.41, 5.74) is 1.16. The molecule has 0 radical (unpaired) electrons. The highest BCUT2D eigenvalue weighted by molar-refractivity contribution is 9.10. The number of fused-ring (bicyclic) bond motifs is 1. The molecular formula is C21H25BrN4O2. The van der Waals surface area contributed by atoms with E-state index in [4.69, 9.17) is 0 Å². The lowest BCUT2D eigenvalue weighted by Crippen LogP contribution is -2.43. The number of pyridine rings is 2. The molecule has 4 rings (SSSR count). The van der Waals surface area contributed by atoms with E-state index in [1.54, 1.807) is 18.5 Å². The normalized spacial score (nSPS) is 24.4. The predicted octanol–water partition coefficient (Wildman–Crippen LogP) is 3.41. The standard InChI is InChI=1S/C21H25BrN4O2/c1-12(2)21(28)26-7-3-4-14(11-26)15-8-18(15)25-20(27)17-6-5-13-9-23-10-16(22)19(13)24-17/h5-6,9-10,12,14-15,18H,3-4,7-8,11H2,1-2H3,(H,25,27). The number of aromatic nitrogens is 2. The summed E-state index contributed by atoms with van der Waals surface area (Å²) >= 11 is 3.44. The van der Waals surface area contributed by atoms with E-state index in [9.17, 15) is 9.59 Å². The van der Waals surface area contributed by atoms with E-state index in [1.807, 2.05) is 24.8 Å². The molecule has 6 nitrogen and oxygen atoms in total. The van der Waals surface area contributed by atoms with E-state index in [0.29, 0.717) is 17.5 Å². The monoisotopic (exact) mass is 444 g/mol. The summed E-state index contributed by atoms with van der Waals surface area (Å²) in [6, 6.07) is 3.80. The molecule has 28 heavy (non-hydrogen) atoms. The Labute approximate surface area is 173 Å². The van der Waals surface area contributed by atoms with Crippen molar-refractivity contribution in [1.82, 2.24) is 20.2 Å². The molecule has 3 atom stereocenters. The molecule has 1 N–H and O–H groups in total. The molecule has 2 aromatic rings. The number of carbonyl (C=O) groups is 2. The molecule has 1 saturated heterocycles. The first-order chi connectivity index (χ1) is 13.4. The molecule has 2 aromatic heterocycles. The van der Waals surface area contributed by atoms with E-state index < -0.39 is 0 Å². The molecule has 148 valence electrons. The zero-order valence-electron chi connectivity index (χ0n) is 16.2. The number of rotatable bonds is 4. The van der Waals surface area contributed by atoms with Crippen LogP contribution in [-0.2, 0) is 4.79 Å². The number of nitrogens with one attached hydrogen (secondary N) is 1. The Morgan fingerprint density at radius 1 is 1.29 bits per heavy atom. The average molecular weight is 445 g/mol. The minimum atomic E-state index is -0.135. The molecular weight excluding hydrogens is 420 g/mol. The van der Waals surface area contributed by atoms with Crippen LogP contribution in [0.5, 0.6) is 0 Å². The Hall–Kier alpha value is -2.02. The third kappa shape index (κ3) is 3.90. The van der Waals surface area contributed by atoms with Gasteiger partial charge < -0.3 is 10.2 Å². The van der Waals surface area contributed by atoms with Crippen molar-refractivity contribution >= 4 is 38.6 Å². The Morgan fingerprint density at radius 3 is 2.89 bits per heavy atom. The molecule has 1 saturated carbocycles. The Bertz CT molecular complexity index is 916. The second kappa shape index (κ2) is 7.78. The van der Waals surface area contributed by atoms with E-state index in [2.05, 4.69) is 31.2 Å². The zero-order valence-corrected chi connectivity index (χ0v) is 17.8. The first kappa shape index (κ1) is 19.3. The topological polar surface area (TPSA) is 75.2 Å². The van der Waals surface area contributed by atoms with Gasteiger partial charge >= 0.3 is 0 Å². The van der Waals surface area contributed by atoms with Crippen LogP contribution >= 0.6 is 15.9 Å². The fourth-order valence-electron chi connectivity index (χ4n) is 4.20. The number of hydrogen-bond acceptors (Lipinski definition) is 4. The van der Waals surface area contributed by atoms with Crippen molar-refractivity contribution in [2.45, 2.75) is 39.2 Å². The number of halogens is 1. The molecule has 2 fully saturated rings. The fraction of sp³-hybridized carbons (Fsp3) is 0.524. The van der Waals surface area contributed by atoms with Crippen molar-refractivity contribution in [1.29, 1.82) is 0 Å². The van der Waals surface area contributed by atoms with Crippen LogP contribution in [0.4, 0.5) is 0 Å². The maximum Gasteiger partial charge on any atom is 0.270 e. The van der Waals surface area contributed by atoms with E-state index >= 15 is 0 Å². The van der Waals surface area contributed by atoms with Gasteiger partial charge in [0.2, 0.25) is 5.91 Å². The summed E-state index contributed by atoms with van der Waals surface area (Å²) < 4.78 is 0.779. The summed E-state index contributed by atoms with van der Waals surface area (Å²) in [5.74, 6) is 1.09. The zero-order chi connectivity index (χ0) is 19.8. The maximum atomic E-state index is 12.7. The molecule has 3 unspecified atom stereocenters. The van der Waals surface area contributed by atoms with Gasteiger partial charge in [-0.25, -0.2) is 4.98 Å². The van der Waals surface area contributed by atoms with Crippen LogP contribution in [0.1, 0.15) is 43.6 Å². The van der Waals surface area contributed by atoms with Crippen molar-refractivity contribution in [3.63, 3.8) is 0 Å². The smallest absolute Gasteiger partial charge is 0.270 e. The third-order valence-electron chi connectivity index (χ3n) is 5.81. The van der Waals surface area contributed by atoms with Gasteiger partial charge in [0.15, 0.2) is 0 Å². The number of piperidine rings is 1. The van der Waals surface area contributed by atoms with Gasteiger partial charge in [-0.15, -0.1) is 0 Å². The van der Waals surface area contributed by atoms with Crippen LogP contribution in [0.15, 0.2) is 29.0 Å². The first-order valence-corrected chi connectivity index (χ1v) is 10.7. The van der Waals surface area contributed by atoms with Crippen LogP contribution < -0.4 is 5.32 Å². The quantitative estimate of drug-likeness (QED) is 0.783. The van der Waals surface area contributed by atoms with Crippen molar-refractivity contribution in [2.75, 3.05) is 13.1 Å². The highest BCUT2D eigenvalue weighted by Gasteiger charge is 2.45. The summed E-state index contributed by atoms with van der Waals surface area (Å²) in [6.07, 6.45) is 6.59. The van der Waals surface area contributed by atoms with Gasteiger partial charge in [0.05, 0.1) is 9.99 Å². The van der Waals surface area contributed by atoms with Crippen molar-refractivity contribution in [2.24, 2.45) is 17.8 Å². The SMILES string of the molecule is CC(C)C(=O)N1CCCC(C2CC2NC(=O)c2ccc3cncc(Br)c3n2)C1. The molecule has 7 heteroatoms. The molecule has 2 amide bonds. The molecule has 0 spiro atoms. The van der Waals surface area contributed by atoms with Gasteiger partial charge in [-0.05, 0) is 59.2 Å². The van der Waals surface area contributed by atoms with Crippen LogP contribution in [0.3, 0.4) is 0 Å². The first-order valence-electron chi connectivity index (χ1n) is 9.94. The van der Waals surface area contributed by atoms with Crippen LogP contribution in [-0.4, -0.2) is 45.8 Å². The molecule has 0 aromatic carbocycles. The van der Waals surface area contributed by atoms with Crippen molar-refractivity contribution in [3.05, 3.63) is 34.7 Å². The molecule has 3 heterocycles. The Balaban J connectivity index is 1.38. The van der Waals surface area contributed by atoms with Gasteiger partial charge in [0.25, 0.3) is 5.91 Å². The maximum absolute atomic E-state index is 12.7. The average Bonchev–Trinajstić information content (AvgIpc) is 3.46. The second-order valence-electron chi connectivity index (χ2n) is 8.21. The minimum Gasteiger partial charge on any atom is -0.348 e. The van der Waals surface area contributed by atoms with Gasteiger partial charge in [-0.2, -0.15) is 0 Å². The fourth-order valence-corrected chi connectivity index (χ4v) is 4.64. The lowest BCUT2D eigenvalue weighted by Gasteiger charge is -2.34. The van der Waals surface area contributed by atoms with E-state index in [-0.39, 0.29) is 23.8 Å². The number of nitrogens with zero attached hydrogens (tertiary/aromatic N) is 3. The summed E-state index contributed by atoms with van der Waals surface area (Å²) in [6.45, 7) is 5.60. The summed E-state index contributed by atoms with van der Waals surface area (Å²) in [5, 5.41) is 4.03. The molecule has 1 aliphatic heterocycles. The van der Waals surface area contributed by atoms with Crippen LogP contribution in [0.25, 0.3) is 10.9 Å². The van der Waals surface area contributed by atoms with Crippen molar-refractivity contribution in [3.8, 4) is 0 Å². The summed E-state index contributed by atoms with van der Waals surface area (Å²) in [4.78, 5) is 35.6. The number of likely N-dealkylation sites (tertiary alicyclic amines) is 1. The lowest BCUT2D eigenvalue weighted by atomic mass is 9.92. The lowest BCUT2D eigenvalue weighted by molar-refractivity contribution is -0.136. The van der Waals surface area contributed by atoms with Gasteiger partial charge in [0.1, 0.15) is 5.69 Å². The van der Waals surface area contributed by atoms with Gasteiger partial charge in [-0.3, -0.25) is 14.6 Å². The molecule has 2 aliphatic rings. The number of carbonyl (C=O) groups excluding carboxylic acids is 2. The minimum absolute atomic E-state index is 0.0435. The second-order valence-corrected chi connectivity index (χ2v) is 9.06.